The molecule has 0 saturated carbocycles. The summed E-state index contributed by atoms with van der Waals surface area (Å²) in [6.07, 6.45) is 2.14. The fourth-order valence-corrected chi connectivity index (χ4v) is 4.84. The first-order chi connectivity index (χ1) is 10.7. The van der Waals surface area contributed by atoms with E-state index in [2.05, 4.69) is 13.8 Å². The van der Waals surface area contributed by atoms with Crippen LogP contribution in [0.1, 0.15) is 31.7 Å². The highest BCUT2D eigenvalue weighted by Crippen LogP contribution is 2.23. The molecule has 23 heavy (non-hydrogen) atoms. The summed E-state index contributed by atoms with van der Waals surface area (Å²) in [7, 11) is -6.83. The number of benzene rings is 1. The van der Waals surface area contributed by atoms with Gasteiger partial charge < -0.3 is 0 Å². The molecule has 1 aliphatic rings. The average molecular weight is 361 g/mol. The number of hydrogen-bond acceptors (Lipinski definition) is 4. The predicted molar refractivity (Wildman–Crippen MR) is 90.3 cm³/mol. The molecule has 1 aromatic carbocycles. The Morgan fingerprint density at radius 1 is 0.957 bits per heavy atom. The Kier molecular flexibility index (Phi) is 5.50. The van der Waals surface area contributed by atoms with Crippen molar-refractivity contribution in [1.82, 2.24) is 8.61 Å². The van der Waals surface area contributed by atoms with Crippen LogP contribution in [0.3, 0.4) is 0 Å². The molecule has 1 heterocycles. The Labute approximate surface area is 139 Å². The van der Waals surface area contributed by atoms with Gasteiger partial charge in [0.1, 0.15) is 0 Å². The first kappa shape index (κ1) is 18.4. The molecule has 1 saturated heterocycles. The van der Waals surface area contributed by atoms with Crippen molar-refractivity contribution in [3.63, 3.8) is 0 Å². The smallest absolute Gasteiger partial charge is 0.213 e. The lowest BCUT2D eigenvalue weighted by Gasteiger charge is -2.32. The molecule has 0 N–H and O–H groups in total. The molecule has 0 aromatic heterocycles. The van der Waals surface area contributed by atoms with Crippen molar-refractivity contribution in [3.8, 4) is 0 Å². The van der Waals surface area contributed by atoms with Gasteiger partial charge in [0.25, 0.3) is 0 Å². The number of hydrogen-bond donors (Lipinski definition) is 0. The molecule has 2 rings (SSSR count). The van der Waals surface area contributed by atoms with Crippen LogP contribution in [0.15, 0.2) is 29.2 Å². The van der Waals surface area contributed by atoms with E-state index in [1.807, 2.05) is 12.1 Å². The van der Waals surface area contributed by atoms with Crippen molar-refractivity contribution in [1.29, 1.82) is 0 Å². The molecule has 0 bridgehead atoms. The minimum atomic E-state index is -3.57. The fourth-order valence-electron chi connectivity index (χ4n) is 2.59. The van der Waals surface area contributed by atoms with Gasteiger partial charge >= 0.3 is 0 Å². The van der Waals surface area contributed by atoms with E-state index < -0.39 is 20.0 Å². The van der Waals surface area contributed by atoms with Gasteiger partial charge in [0.05, 0.1) is 11.2 Å². The summed E-state index contributed by atoms with van der Waals surface area (Å²) in [5.74, 6) is 0.394. The summed E-state index contributed by atoms with van der Waals surface area (Å²) in [6.45, 7) is 4.96. The zero-order valence-corrected chi connectivity index (χ0v) is 15.4. The minimum Gasteiger partial charge on any atom is -0.213 e. The molecule has 130 valence electrons. The Balaban J connectivity index is 2.14. The van der Waals surface area contributed by atoms with E-state index in [1.165, 1.54) is 8.61 Å². The third-order valence-electron chi connectivity index (χ3n) is 4.37. The van der Waals surface area contributed by atoms with Crippen LogP contribution in [0.4, 0.5) is 0 Å². The molecule has 0 spiro atoms. The number of rotatable bonds is 5. The van der Waals surface area contributed by atoms with Gasteiger partial charge in [-0.2, -0.15) is 8.61 Å². The molecule has 0 aliphatic carbocycles. The van der Waals surface area contributed by atoms with E-state index >= 15 is 0 Å². The highest BCUT2D eigenvalue weighted by molar-refractivity contribution is 7.89. The number of sulfonamides is 2. The van der Waals surface area contributed by atoms with Crippen LogP contribution >= 0.6 is 0 Å². The fraction of sp³-hybridized carbons (Fsp3) is 0.600. The van der Waals surface area contributed by atoms with Crippen molar-refractivity contribution in [2.24, 2.45) is 0 Å². The highest BCUT2D eigenvalue weighted by atomic mass is 32.2. The topological polar surface area (TPSA) is 74.8 Å². The van der Waals surface area contributed by atoms with E-state index in [9.17, 15) is 16.8 Å². The normalized spacial score (nSPS) is 19.6. The molecule has 0 radical (unpaired) electrons. The van der Waals surface area contributed by atoms with Gasteiger partial charge in [0.15, 0.2) is 0 Å². The maximum atomic E-state index is 12.7. The van der Waals surface area contributed by atoms with Crippen LogP contribution in [-0.4, -0.2) is 57.9 Å². The number of nitrogens with zero attached hydrogens (tertiary/aromatic N) is 2. The van der Waals surface area contributed by atoms with E-state index in [-0.39, 0.29) is 31.1 Å². The summed E-state index contributed by atoms with van der Waals surface area (Å²) in [5.41, 5.74) is 1.12. The lowest BCUT2D eigenvalue weighted by atomic mass is 9.99. The number of piperazine rings is 1. The van der Waals surface area contributed by atoms with Crippen LogP contribution in [0, 0.1) is 0 Å². The molecule has 8 heteroatoms. The maximum absolute atomic E-state index is 12.7. The van der Waals surface area contributed by atoms with Crippen molar-refractivity contribution in [2.45, 2.75) is 31.1 Å². The van der Waals surface area contributed by atoms with Gasteiger partial charge in [-0.05, 0) is 30.0 Å². The monoisotopic (exact) mass is 360 g/mol. The quantitative estimate of drug-likeness (QED) is 0.797. The third kappa shape index (κ3) is 4.12. The van der Waals surface area contributed by atoms with E-state index in [4.69, 9.17) is 0 Å². The molecular formula is C15H24N2O4S2. The van der Waals surface area contributed by atoms with Gasteiger partial charge in [0, 0.05) is 26.2 Å². The second-order valence-corrected chi connectivity index (χ2v) is 9.86. The molecule has 1 atom stereocenters. The Bertz CT molecular complexity index is 734. The first-order valence-corrected chi connectivity index (χ1v) is 11.0. The summed E-state index contributed by atoms with van der Waals surface area (Å²) in [6, 6.07) is 6.99. The molecule has 0 unspecified atom stereocenters. The predicted octanol–water partition coefficient (Wildman–Crippen LogP) is 1.47. The van der Waals surface area contributed by atoms with Crippen LogP contribution in [0.5, 0.6) is 0 Å². The SMILES string of the molecule is CC[C@@H](C)c1ccc(S(=O)(=O)N2CCN(S(C)(=O)=O)CC2)cc1. The lowest BCUT2D eigenvalue weighted by molar-refractivity contribution is 0.274. The largest absolute Gasteiger partial charge is 0.243 e. The van der Waals surface area contributed by atoms with E-state index in [0.29, 0.717) is 5.92 Å². The summed E-state index contributed by atoms with van der Waals surface area (Å²) < 4.78 is 51.0. The molecule has 1 aromatic rings. The third-order valence-corrected chi connectivity index (χ3v) is 7.58. The molecular weight excluding hydrogens is 336 g/mol. The van der Waals surface area contributed by atoms with Gasteiger partial charge in [-0.3, -0.25) is 0 Å². The van der Waals surface area contributed by atoms with Crippen molar-refractivity contribution < 1.29 is 16.8 Å². The Hall–Kier alpha value is -0.960. The average Bonchev–Trinajstić information content (AvgIpc) is 2.53. The summed E-state index contributed by atoms with van der Waals surface area (Å²) in [4.78, 5) is 0.261. The second kappa shape index (κ2) is 6.88. The molecule has 1 fully saturated rings. The van der Waals surface area contributed by atoms with Crippen molar-refractivity contribution >= 4 is 20.0 Å². The van der Waals surface area contributed by atoms with E-state index in [1.54, 1.807) is 12.1 Å². The Morgan fingerprint density at radius 3 is 1.87 bits per heavy atom. The first-order valence-electron chi connectivity index (χ1n) is 7.71. The van der Waals surface area contributed by atoms with Crippen molar-refractivity contribution in [3.05, 3.63) is 29.8 Å². The zero-order valence-electron chi connectivity index (χ0n) is 13.8. The second-order valence-electron chi connectivity index (χ2n) is 5.94. The van der Waals surface area contributed by atoms with Crippen LogP contribution in [0.25, 0.3) is 0 Å². The minimum absolute atomic E-state index is 0.183. The summed E-state index contributed by atoms with van der Waals surface area (Å²) >= 11 is 0. The highest BCUT2D eigenvalue weighted by Gasteiger charge is 2.31. The molecule has 0 amide bonds. The lowest BCUT2D eigenvalue weighted by Crippen LogP contribution is -2.50. The standard InChI is InChI=1S/C15H24N2O4S2/c1-4-13(2)14-5-7-15(8-6-14)23(20,21)17-11-9-16(10-12-17)22(3,18)19/h5-8,13H,4,9-12H2,1-3H3/t13-/m1/s1. The van der Waals surface area contributed by atoms with Gasteiger partial charge in [-0.1, -0.05) is 26.0 Å². The van der Waals surface area contributed by atoms with Crippen LogP contribution < -0.4 is 0 Å². The van der Waals surface area contributed by atoms with Gasteiger partial charge in [-0.15, -0.1) is 0 Å². The Morgan fingerprint density at radius 2 is 1.43 bits per heavy atom. The maximum Gasteiger partial charge on any atom is 0.243 e. The zero-order chi connectivity index (χ0) is 17.3. The molecule has 6 nitrogen and oxygen atoms in total. The van der Waals surface area contributed by atoms with Crippen LogP contribution in [-0.2, 0) is 20.0 Å². The van der Waals surface area contributed by atoms with Crippen molar-refractivity contribution in [2.75, 3.05) is 32.4 Å². The molecule has 1 aliphatic heterocycles. The van der Waals surface area contributed by atoms with Gasteiger partial charge in [0.2, 0.25) is 20.0 Å². The van der Waals surface area contributed by atoms with Crippen LogP contribution in [0.2, 0.25) is 0 Å². The summed E-state index contributed by atoms with van der Waals surface area (Å²) in [5, 5.41) is 0. The van der Waals surface area contributed by atoms with E-state index in [0.717, 1.165) is 18.2 Å². The van der Waals surface area contributed by atoms with Gasteiger partial charge in [-0.25, -0.2) is 16.8 Å².